The third-order valence-electron chi connectivity index (χ3n) is 3.58. The zero-order valence-electron chi connectivity index (χ0n) is 13.0. The molecule has 2 N–H and O–H groups in total. The Morgan fingerprint density at radius 1 is 1.30 bits per heavy atom. The topological polar surface area (TPSA) is 38.5 Å². The molecule has 0 unspecified atom stereocenters. The van der Waals surface area contributed by atoms with Gasteiger partial charge in [-0.2, -0.15) is 11.8 Å². The Balaban J connectivity index is 2.20. The van der Waals surface area contributed by atoms with Gasteiger partial charge in [-0.15, -0.1) is 0 Å². The summed E-state index contributed by atoms with van der Waals surface area (Å²) in [5, 5.41) is 0. The predicted molar refractivity (Wildman–Crippen MR) is 90.0 cm³/mol. The average Bonchev–Trinajstić information content (AvgIpc) is 2.53. The largest absolute Gasteiger partial charge is 0.489 e. The van der Waals surface area contributed by atoms with Crippen LogP contribution in [0.25, 0.3) is 0 Å². The molecule has 1 aromatic rings. The monoisotopic (exact) mass is 294 g/mol. The van der Waals surface area contributed by atoms with Gasteiger partial charge in [-0.25, -0.2) is 0 Å². The number of ether oxygens (including phenoxy) is 1. The minimum absolute atomic E-state index is 0.145. The van der Waals surface area contributed by atoms with E-state index in [9.17, 15) is 0 Å². The highest BCUT2D eigenvalue weighted by atomic mass is 32.2. The predicted octanol–water partition coefficient (Wildman–Crippen LogP) is 3.78. The molecule has 1 aliphatic rings. The second-order valence-corrected chi connectivity index (χ2v) is 8.00. The first kappa shape index (κ1) is 15.4. The molecule has 0 spiro atoms. The molecule has 0 amide bonds. The molecule has 1 fully saturated rings. The van der Waals surface area contributed by atoms with Crippen molar-refractivity contribution in [1.29, 1.82) is 0 Å². The lowest BCUT2D eigenvalue weighted by Gasteiger charge is -2.26. The van der Waals surface area contributed by atoms with Gasteiger partial charge in [0.15, 0.2) is 0 Å². The van der Waals surface area contributed by atoms with Crippen LogP contribution >= 0.6 is 11.8 Å². The van der Waals surface area contributed by atoms with Crippen LogP contribution in [-0.4, -0.2) is 29.7 Å². The molecule has 20 heavy (non-hydrogen) atoms. The van der Waals surface area contributed by atoms with Crippen LogP contribution in [0.2, 0.25) is 0 Å². The van der Waals surface area contributed by atoms with Gasteiger partial charge in [-0.1, -0.05) is 19.9 Å². The van der Waals surface area contributed by atoms with Crippen molar-refractivity contribution in [3.8, 4) is 5.75 Å². The lowest BCUT2D eigenvalue weighted by Crippen LogP contribution is -2.27. The van der Waals surface area contributed by atoms with Gasteiger partial charge >= 0.3 is 0 Å². The summed E-state index contributed by atoms with van der Waals surface area (Å²) in [6.07, 6.45) is 1.32. The smallest absolute Gasteiger partial charge is 0.144 e. The lowest BCUT2D eigenvalue weighted by molar-refractivity contribution is 0.244. The molecule has 0 atom stereocenters. The molecule has 2 rings (SSSR count). The number of hydrogen-bond acceptors (Lipinski definition) is 4. The van der Waals surface area contributed by atoms with E-state index in [0.29, 0.717) is 4.75 Å². The summed E-state index contributed by atoms with van der Waals surface area (Å²) in [6, 6.07) is 6.09. The van der Waals surface area contributed by atoms with Gasteiger partial charge in [0, 0.05) is 23.6 Å². The Kier molecular flexibility index (Phi) is 4.74. The molecular formula is C16H26N2OS. The normalized spacial score (nSPS) is 18.9. The summed E-state index contributed by atoms with van der Waals surface area (Å²) in [6.45, 7) is 10.8. The fraction of sp³-hybridized carbons (Fsp3) is 0.625. The highest BCUT2D eigenvalue weighted by Gasteiger charge is 2.25. The van der Waals surface area contributed by atoms with Crippen LogP contribution in [0.15, 0.2) is 18.2 Å². The van der Waals surface area contributed by atoms with Crippen molar-refractivity contribution in [2.24, 2.45) is 0 Å². The molecular weight excluding hydrogens is 268 g/mol. The van der Waals surface area contributed by atoms with E-state index in [4.69, 9.17) is 10.5 Å². The highest BCUT2D eigenvalue weighted by Crippen LogP contribution is 2.37. The van der Waals surface area contributed by atoms with Crippen molar-refractivity contribution < 1.29 is 4.74 Å². The zero-order valence-corrected chi connectivity index (χ0v) is 13.8. The molecule has 0 aliphatic carbocycles. The van der Waals surface area contributed by atoms with Gasteiger partial charge < -0.3 is 15.4 Å². The quantitative estimate of drug-likeness (QED) is 0.861. The molecule has 3 nitrogen and oxygen atoms in total. The number of benzene rings is 1. The van der Waals surface area contributed by atoms with Gasteiger partial charge in [0.2, 0.25) is 0 Å². The molecule has 1 aliphatic heterocycles. The van der Waals surface area contributed by atoms with E-state index in [2.05, 4.69) is 24.8 Å². The summed E-state index contributed by atoms with van der Waals surface area (Å²) >= 11 is 2.05. The molecule has 4 heteroatoms. The first-order valence-electron chi connectivity index (χ1n) is 7.33. The standard InChI is InChI=1S/C16H26N2OS/c1-12(2)19-14-7-5-6-13(15(14)17)18-9-8-16(3,4)20-11-10-18/h5-7,12H,8-11,17H2,1-4H3. The van der Waals surface area contributed by atoms with Crippen molar-refractivity contribution >= 4 is 23.1 Å². The maximum Gasteiger partial charge on any atom is 0.144 e. The van der Waals surface area contributed by atoms with E-state index in [1.165, 1.54) is 6.42 Å². The maximum absolute atomic E-state index is 6.31. The molecule has 1 heterocycles. The van der Waals surface area contributed by atoms with Gasteiger partial charge in [0.05, 0.1) is 17.5 Å². The second kappa shape index (κ2) is 6.17. The Morgan fingerprint density at radius 2 is 2.05 bits per heavy atom. The van der Waals surface area contributed by atoms with Crippen LogP contribution in [0.4, 0.5) is 11.4 Å². The Hall–Kier alpha value is -1.03. The van der Waals surface area contributed by atoms with Crippen LogP contribution in [0.3, 0.4) is 0 Å². The van der Waals surface area contributed by atoms with Crippen molar-refractivity contribution in [2.45, 2.75) is 45.0 Å². The summed E-state index contributed by atoms with van der Waals surface area (Å²) in [4.78, 5) is 2.39. The number of hydrogen-bond donors (Lipinski definition) is 1. The van der Waals surface area contributed by atoms with Crippen LogP contribution in [0.1, 0.15) is 34.1 Å². The first-order chi connectivity index (χ1) is 9.39. The fourth-order valence-corrected chi connectivity index (χ4v) is 3.53. The molecule has 0 radical (unpaired) electrons. The minimum Gasteiger partial charge on any atom is -0.489 e. The van der Waals surface area contributed by atoms with Gasteiger partial charge in [0.1, 0.15) is 5.75 Å². The molecule has 0 bridgehead atoms. The number of thioether (sulfide) groups is 1. The van der Waals surface area contributed by atoms with Gasteiger partial charge in [-0.3, -0.25) is 0 Å². The van der Waals surface area contributed by atoms with Crippen molar-refractivity contribution in [3.05, 3.63) is 18.2 Å². The number of para-hydroxylation sites is 1. The average molecular weight is 294 g/mol. The van der Waals surface area contributed by atoms with E-state index in [1.54, 1.807) is 0 Å². The first-order valence-corrected chi connectivity index (χ1v) is 8.32. The van der Waals surface area contributed by atoms with Gasteiger partial charge in [-0.05, 0) is 32.4 Å². The molecule has 1 aromatic carbocycles. The van der Waals surface area contributed by atoms with Crippen molar-refractivity contribution in [3.63, 3.8) is 0 Å². The maximum atomic E-state index is 6.31. The van der Waals surface area contributed by atoms with E-state index in [-0.39, 0.29) is 6.10 Å². The highest BCUT2D eigenvalue weighted by molar-refractivity contribution is 8.00. The summed E-state index contributed by atoms with van der Waals surface area (Å²) in [5.74, 6) is 1.94. The zero-order chi connectivity index (χ0) is 14.8. The van der Waals surface area contributed by atoms with Gasteiger partial charge in [0.25, 0.3) is 0 Å². The molecule has 0 aromatic heterocycles. The van der Waals surface area contributed by atoms with Crippen LogP contribution in [0.5, 0.6) is 5.75 Å². The van der Waals surface area contributed by atoms with Crippen molar-refractivity contribution in [1.82, 2.24) is 0 Å². The Labute approximate surface area is 126 Å². The number of anilines is 2. The molecule has 1 saturated heterocycles. The SMILES string of the molecule is CC(C)Oc1cccc(N2CCSC(C)(C)CC2)c1N. The van der Waals surface area contributed by atoms with Crippen LogP contribution < -0.4 is 15.4 Å². The Bertz CT molecular complexity index is 460. The van der Waals surface area contributed by atoms with E-state index in [1.807, 2.05) is 37.7 Å². The molecule has 0 saturated carbocycles. The summed E-state index contributed by atoms with van der Waals surface area (Å²) < 4.78 is 6.15. The van der Waals surface area contributed by atoms with Crippen LogP contribution in [0, 0.1) is 0 Å². The number of nitrogens with two attached hydrogens (primary N) is 1. The number of nitrogens with zero attached hydrogens (tertiary/aromatic N) is 1. The van der Waals surface area contributed by atoms with Crippen molar-refractivity contribution in [2.75, 3.05) is 29.5 Å². The van der Waals surface area contributed by atoms with E-state index < -0.39 is 0 Å². The summed E-state index contributed by atoms with van der Waals surface area (Å²) in [7, 11) is 0. The third kappa shape index (κ3) is 3.75. The van der Waals surface area contributed by atoms with E-state index in [0.717, 1.165) is 36.0 Å². The second-order valence-electron chi connectivity index (χ2n) is 6.20. The van der Waals surface area contributed by atoms with Crippen LogP contribution in [-0.2, 0) is 0 Å². The molecule has 112 valence electrons. The van der Waals surface area contributed by atoms with E-state index >= 15 is 0 Å². The summed E-state index contributed by atoms with van der Waals surface area (Å²) in [5.41, 5.74) is 8.19. The number of nitrogen functional groups attached to an aromatic ring is 1. The number of rotatable bonds is 3. The minimum atomic E-state index is 0.145. The third-order valence-corrected chi connectivity index (χ3v) is 4.96. The lowest BCUT2D eigenvalue weighted by atomic mass is 10.1. The fourth-order valence-electron chi connectivity index (χ4n) is 2.43. The Morgan fingerprint density at radius 3 is 2.75 bits per heavy atom.